The van der Waals surface area contributed by atoms with Crippen molar-refractivity contribution in [3.63, 3.8) is 0 Å². The Bertz CT molecular complexity index is 659. The van der Waals surface area contributed by atoms with Crippen molar-refractivity contribution in [1.29, 1.82) is 0 Å². The van der Waals surface area contributed by atoms with E-state index in [1.807, 2.05) is 54.3 Å². The monoisotopic (exact) mass is 330 g/mol. The van der Waals surface area contributed by atoms with Gasteiger partial charge in [-0.15, -0.1) is 12.4 Å². The second kappa shape index (κ2) is 7.62. The van der Waals surface area contributed by atoms with Crippen LogP contribution in [-0.4, -0.2) is 30.4 Å². The van der Waals surface area contributed by atoms with E-state index < -0.39 is 0 Å². The van der Waals surface area contributed by atoms with Crippen molar-refractivity contribution in [3.05, 3.63) is 71.3 Å². The van der Waals surface area contributed by atoms with Crippen LogP contribution >= 0.6 is 12.4 Å². The van der Waals surface area contributed by atoms with Crippen molar-refractivity contribution < 1.29 is 4.79 Å². The first-order valence-electron chi connectivity index (χ1n) is 7.80. The van der Waals surface area contributed by atoms with Gasteiger partial charge in [0.15, 0.2) is 0 Å². The van der Waals surface area contributed by atoms with Crippen LogP contribution in [0.4, 0.5) is 0 Å². The number of nitrogens with two attached hydrogens (primary N) is 1. The molecule has 0 spiro atoms. The number of rotatable bonds is 3. The fourth-order valence-electron chi connectivity index (χ4n) is 3.31. The predicted molar refractivity (Wildman–Crippen MR) is 96.1 cm³/mol. The maximum Gasteiger partial charge on any atom is 0.253 e. The molecule has 1 saturated heterocycles. The molecule has 0 bridgehead atoms. The van der Waals surface area contributed by atoms with Crippen LogP contribution in [0.25, 0.3) is 0 Å². The van der Waals surface area contributed by atoms with Crippen molar-refractivity contribution in [3.8, 4) is 0 Å². The number of amides is 1. The molecular weight excluding hydrogens is 308 g/mol. The zero-order chi connectivity index (χ0) is 15.5. The SMILES string of the molecule is Cc1cccc(C(=O)N2C[C@@H](CN)[C@H](c3ccccc3)C2)c1.Cl. The van der Waals surface area contributed by atoms with E-state index in [0.717, 1.165) is 24.2 Å². The number of hydrogen-bond acceptors (Lipinski definition) is 2. The normalized spacial score (nSPS) is 20.2. The van der Waals surface area contributed by atoms with E-state index in [4.69, 9.17) is 5.73 Å². The van der Waals surface area contributed by atoms with Gasteiger partial charge < -0.3 is 10.6 Å². The number of hydrogen-bond donors (Lipinski definition) is 1. The lowest BCUT2D eigenvalue weighted by Crippen LogP contribution is -2.29. The van der Waals surface area contributed by atoms with E-state index in [1.54, 1.807) is 0 Å². The summed E-state index contributed by atoms with van der Waals surface area (Å²) in [7, 11) is 0. The van der Waals surface area contributed by atoms with Gasteiger partial charge in [-0.05, 0) is 37.1 Å². The molecule has 0 radical (unpaired) electrons. The van der Waals surface area contributed by atoms with E-state index >= 15 is 0 Å². The summed E-state index contributed by atoms with van der Waals surface area (Å²) < 4.78 is 0. The lowest BCUT2D eigenvalue weighted by molar-refractivity contribution is 0.0786. The highest BCUT2D eigenvalue weighted by atomic mass is 35.5. The Labute approximate surface area is 143 Å². The van der Waals surface area contributed by atoms with E-state index in [-0.39, 0.29) is 18.3 Å². The van der Waals surface area contributed by atoms with E-state index in [1.165, 1.54) is 5.56 Å². The van der Waals surface area contributed by atoms with Crippen molar-refractivity contribution >= 4 is 18.3 Å². The third-order valence-corrected chi connectivity index (χ3v) is 4.52. The maximum atomic E-state index is 12.7. The fourth-order valence-corrected chi connectivity index (χ4v) is 3.31. The van der Waals surface area contributed by atoms with Crippen molar-refractivity contribution in [1.82, 2.24) is 4.90 Å². The first-order chi connectivity index (χ1) is 10.7. The highest BCUT2D eigenvalue weighted by Gasteiger charge is 2.35. The largest absolute Gasteiger partial charge is 0.338 e. The van der Waals surface area contributed by atoms with Crippen LogP contribution in [0.1, 0.15) is 27.4 Å². The van der Waals surface area contributed by atoms with Crippen LogP contribution in [0.3, 0.4) is 0 Å². The van der Waals surface area contributed by atoms with Crippen LogP contribution in [0.15, 0.2) is 54.6 Å². The molecule has 1 heterocycles. The maximum absolute atomic E-state index is 12.7. The molecule has 2 aromatic rings. The summed E-state index contributed by atoms with van der Waals surface area (Å²) >= 11 is 0. The highest BCUT2D eigenvalue weighted by molar-refractivity contribution is 5.94. The third kappa shape index (κ3) is 3.74. The molecule has 23 heavy (non-hydrogen) atoms. The van der Waals surface area contributed by atoms with Gasteiger partial charge in [-0.3, -0.25) is 4.79 Å². The molecule has 0 aliphatic carbocycles. The summed E-state index contributed by atoms with van der Waals surface area (Å²) in [5, 5.41) is 0. The third-order valence-electron chi connectivity index (χ3n) is 4.52. The van der Waals surface area contributed by atoms with Gasteiger partial charge in [0.1, 0.15) is 0 Å². The van der Waals surface area contributed by atoms with Gasteiger partial charge in [0.05, 0.1) is 0 Å². The van der Waals surface area contributed by atoms with Gasteiger partial charge in [-0.25, -0.2) is 0 Å². The average Bonchev–Trinajstić information content (AvgIpc) is 2.99. The van der Waals surface area contributed by atoms with Crippen LogP contribution in [0.2, 0.25) is 0 Å². The molecule has 1 aliphatic heterocycles. The molecule has 2 N–H and O–H groups in total. The average molecular weight is 331 g/mol. The second-order valence-corrected chi connectivity index (χ2v) is 6.09. The lowest BCUT2D eigenvalue weighted by atomic mass is 9.89. The Morgan fingerprint density at radius 1 is 1.13 bits per heavy atom. The molecule has 0 unspecified atom stereocenters. The second-order valence-electron chi connectivity index (χ2n) is 6.09. The molecule has 3 nitrogen and oxygen atoms in total. The number of halogens is 1. The predicted octanol–water partition coefficient (Wildman–Crippen LogP) is 3.23. The Kier molecular flexibility index (Phi) is 5.80. The van der Waals surface area contributed by atoms with Crippen LogP contribution in [-0.2, 0) is 0 Å². The molecule has 0 saturated carbocycles. The molecule has 1 fully saturated rings. The highest BCUT2D eigenvalue weighted by Crippen LogP contribution is 2.32. The Hall–Kier alpha value is -1.84. The molecule has 122 valence electrons. The lowest BCUT2D eigenvalue weighted by Gasteiger charge is -2.17. The molecule has 2 atom stereocenters. The Balaban J connectivity index is 0.00000192. The van der Waals surface area contributed by atoms with E-state index in [2.05, 4.69) is 12.1 Å². The van der Waals surface area contributed by atoms with Crippen LogP contribution in [0.5, 0.6) is 0 Å². The quantitative estimate of drug-likeness (QED) is 0.939. The molecule has 2 aromatic carbocycles. The number of carbonyl (C=O) groups is 1. The summed E-state index contributed by atoms with van der Waals surface area (Å²) in [6.45, 7) is 4.11. The minimum absolute atomic E-state index is 0. The van der Waals surface area contributed by atoms with Gasteiger partial charge in [-0.1, -0.05) is 48.0 Å². The number of nitrogens with zero attached hydrogens (tertiary/aromatic N) is 1. The molecule has 1 amide bonds. The molecule has 0 aromatic heterocycles. The van der Waals surface area contributed by atoms with Gasteiger partial charge in [0.25, 0.3) is 5.91 Å². The smallest absolute Gasteiger partial charge is 0.253 e. The number of likely N-dealkylation sites (tertiary alicyclic amines) is 1. The van der Waals surface area contributed by atoms with E-state index in [9.17, 15) is 4.79 Å². The first-order valence-corrected chi connectivity index (χ1v) is 7.80. The summed E-state index contributed by atoms with van der Waals surface area (Å²) in [5.74, 6) is 0.775. The summed E-state index contributed by atoms with van der Waals surface area (Å²) in [6, 6.07) is 18.2. The van der Waals surface area contributed by atoms with Crippen molar-refractivity contribution in [2.24, 2.45) is 11.7 Å². The minimum Gasteiger partial charge on any atom is -0.338 e. The topological polar surface area (TPSA) is 46.3 Å². The van der Waals surface area contributed by atoms with Crippen LogP contribution < -0.4 is 5.73 Å². The van der Waals surface area contributed by atoms with Gasteiger partial charge in [0, 0.05) is 24.6 Å². The van der Waals surface area contributed by atoms with E-state index in [0.29, 0.717) is 18.4 Å². The minimum atomic E-state index is 0. The molecular formula is C19H23ClN2O. The number of carbonyl (C=O) groups excluding carboxylic acids is 1. The fraction of sp³-hybridized carbons (Fsp3) is 0.316. The first kappa shape index (κ1) is 17.5. The van der Waals surface area contributed by atoms with Crippen molar-refractivity contribution in [2.75, 3.05) is 19.6 Å². The van der Waals surface area contributed by atoms with Gasteiger partial charge in [0.2, 0.25) is 0 Å². The van der Waals surface area contributed by atoms with Crippen LogP contribution in [0, 0.1) is 12.8 Å². The molecule has 4 heteroatoms. The summed E-state index contributed by atoms with van der Waals surface area (Å²) in [4.78, 5) is 14.7. The zero-order valence-electron chi connectivity index (χ0n) is 13.3. The zero-order valence-corrected chi connectivity index (χ0v) is 14.1. The number of aryl methyl sites for hydroxylation is 1. The summed E-state index contributed by atoms with van der Waals surface area (Å²) in [5.41, 5.74) is 9.10. The molecule has 1 aliphatic rings. The number of benzene rings is 2. The van der Waals surface area contributed by atoms with Gasteiger partial charge in [-0.2, -0.15) is 0 Å². The van der Waals surface area contributed by atoms with Gasteiger partial charge >= 0.3 is 0 Å². The Morgan fingerprint density at radius 3 is 2.52 bits per heavy atom. The van der Waals surface area contributed by atoms with Crippen molar-refractivity contribution in [2.45, 2.75) is 12.8 Å². The molecule has 3 rings (SSSR count). The summed E-state index contributed by atoms with van der Waals surface area (Å²) in [6.07, 6.45) is 0. The standard InChI is InChI=1S/C19H22N2O.ClH/c1-14-6-5-9-16(10-14)19(22)21-12-17(11-20)18(13-21)15-7-3-2-4-8-15;/h2-10,17-18H,11-13,20H2,1H3;1H/t17-,18+;/m1./s1. The Morgan fingerprint density at radius 2 is 1.87 bits per heavy atom.